The molecule has 0 radical (unpaired) electrons. The molecule has 2 rings (SSSR count). The molecule has 23 heavy (non-hydrogen) atoms. The lowest BCUT2D eigenvalue weighted by molar-refractivity contribution is 0.336. The smallest absolute Gasteiger partial charge is 0.191 e. The first-order valence-corrected chi connectivity index (χ1v) is 8.25. The number of rotatable bonds is 6. The van der Waals surface area contributed by atoms with Crippen molar-refractivity contribution < 1.29 is 4.74 Å². The third kappa shape index (κ3) is 6.39. The summed E-state index contributed by atoms with van der Waals surface area (Å²) in [6.45, 7) is 6.24. The number of ether oxygens (including phenoxy) is 1. The average molecular weight is 445 g/mol. The van der Waals surface area contributed by atoms with E-state index in [0.29, 0.717) is 13.2 Å². The van der Waals surface area contributed by atoms with Crippen LogP contribution in [0, 0.1) is 6.92 Å². The molecule has 0 aliphatic carbocycles. The van der Waals surface area contributed by atoms with Crippen LogP contribution in [0.4, 0.5) is 0 Å². The summed E-state index contributed by atoms with van der Waals surface area (Å²) in [5, 5.41) is 6.65. The second kappa shape index (κ2) is 10.5. The molecule has 0 fully saturated rings. The maximum atomic E-state index is 5.64. The van der Waals surface area contributed by atoms with E-state index in [4.69, 9.17) is 4.74 Å². The zero-order chi connectivity index (χ0) is 15.8. The predicted octanol–water partition coefficient (Wildman–Crippen LogP) is 3.94. The molecule has 1 aromatic carbocycles. The molecular formula is C17H24IN3OS. The van der Waals surface area contributed by atoms with E-state index >= 15 is 0 Å². The molecule has 126 valence electrons. The number of hydrogen-bond donors (Lipinski definition) is 2. The first-order chi connectivity index (χ1) is 10.7. The molecule has 1 aromatic heterocycles. The largest absolute Gasteiger partial charge is 0.494 e. The van der Waals surface area contributed by atoms with Gasteiger partial charge in [-0.05, 0) is 32.0 Å². The Morgan fingerprint density at radius 2 is 1.87 bits per heavy atom. The summed E-state index contributed by atoms with van der Waals surface area (Å²) in [4.78, 5) is 6.88. The number of halogens is 1. The Labute approximate surface area is 159 Å². The van der Waals surface area contributed by atoms with Crippen molar-refractivity contribution in [3.05, 3.63) is 51.7 Å². The fourth-order valence-corrected chi connectivity index (χ4v) is 2.93. The minimum Gasteiger partial charge on any atom is -0.494 e. The Kier molecular flexibility index (Phi) is 9.01. The SMILES string of the molecule is CCOc1ccccc1CNC(=NC)NCc1ccc(C)s1.I. The van der Waals surface area contributed by atoms with E-state index < -0.39 is 0 Å². The summed E-state index contributed by atoms with van der Waals surface area (Å²) in [5.74, 6) is 1.71. The Hall–Kier alpha value is -1.28. The van der Waals surface area contributed by atoms with Crippen LogP contribution in [0.2, 0.25) is 0 Å². The number of benzene rings is 1. The zero-order valence-corrected chi connectivity index (χ0v) is 16.9. The van der Waals surface area contributed by atoms with Crippen molar-refractivity contribution in [3.8, 4) is 5.75 Å². The van der Waals surface area contributed by atoms with Gasteiger partial charge in [-0.2, -0.15) is 0 Å². The van der Waals surface area contributed by atoms with Gasteiger partial charge in [0.05, 0.1) is 13.2 Å². The number of nitrogens with one attached hydrogen (secondary N) is 2. The molecule has 0 atom stereocenters. The third-order valence-corrected chi connectivity index (χ3v) is 4.17. The van der Waals surface area contributed by atoms with Crippen molar-refractivity contribution in [1.82, 2.24) is 10.6 Å². The first-order valence-electron chi connectivity index (χ1n) is 7.43. The van der Waals surface area contributed by atoms with Crippen molar-refractivity contribution in [2.75, 3.05) is 13.7 Å². The quantitative estimate of drug-likeness (QED) is 0.402. The van der Waals surface area contributed by atoms with Gasteiger partial charge in [0.1, 0.15) is 5.75 Å². The normalized spacial score (nSPS) is 10.8. The molecule has 0 aliphatic rings. The summed E-state index contributed by atoms with van der Waals surface area (Å²) in [5.41, 5.74) is 1.12. The summed E-state index contributed by atoms with van der Waals surface area (Å²) < 4.78 is 5.64. The van der Waals surface area contributed by atoms with E-state index in [-0.39, 0.29) is 24.0 Å². The third-order valence-electron chi connectivity index (χ3n) is 3.17. The zero-order valence-electron chi connectivity index (χ0n) is 13.8. The Morgan fingerprint density at radius 3 is 2.52 bits per heavy atom. The lowest BCUT2D eigenvalue weighted by Gasteiger charge is -2.14. The molecule has 0 spiro atoms. The van der Waals surface area contributed by atoms with Gasteiger partial charge in [-0.3, -0.25) is 4.99 Å². The van der Waals surface area contributed by atoms with Crippen LogP contribution in [0.1, 0.15) is 22.2 Å². The second-order valence-corrected chi connectivity index (χ2v) is 6.20. The standard InChI is InChI=1S/C17H23N3OS.HI/c1-4-21-16-8-6-5-7-14(16)11-19-17(18-3)20-12-15-10-9-13(2)22-15;/h5-10H,4,11-12H2,1-3H3,(H2,18,19,20);1H. The van der Waals surface area contributed by atoms with E-state index in [1.165, 1.54) is 9.75 Å². The molecule has 0 amide bonds. The number of thiophene rings is 1. The van der Waals surface area contributed by atoms with Crippen molar-refractivity contribution in [2.24, 2.45) is 4.99 Å². The molecule has 0 aliphatic heterocycles. The number of aryl methyl sites for hydroxylation is 1. The minimum absolute atomic E-state index is 0. The van der Waals surface area contributed by atoms with E-state index in [1.54, 1.807) is 18.4 Å². The highest BCUT2D eigenvalue weighted by molar-refractivity contribution is 14.0. The number of aliphatic imine (C=N–C) groups is 1. The monoisotopic (exact) mass is 445 g/mol. The van der Waals surface area contributed by atoms with Crippen LogP contribution in [0.3, 0.4) is 0 Å². The summed E-state index contributed by atoms with van der Waals surface area (Å²) in [6, 6.07) is 12.3. The van der Waals surface area contributed by atoms with Gasteiger partial charge in [-0.15, -0.1) is 35.3 Å². The van der Waals surface area contributed by atoms with Gasteiger partial charge in [0.2, 0.25) is 0 Å². The molecule has 1 heterocycles. The molecule has 0 unspecified atom stereocenters. The highest BCUT2D eigenvalue weighted by Crippen LogP contribution is 2.17. The second-order valence-electron chi connectivity index (χ2n) is 4.83. The molecular weight excluding hydrogens is 421 g/mol. The Balaban J connectivity index is 0.00000264. The van der Waals surface area contributed by atoms with Crippen LogP contribution < -0.4 is 15.4 Å². The Bertz CT molecular complexity index is 628. The average Bonchev–Trinajstić information content (AvgIpc) is 2.95. The van der Waals surface area contributed by atoms with Crippen LogP contribution in [-0.4, -0.2) is 19.6 Å². The molecule has 2 aromatic rings. The molecule has 0 saturated carbocycles. The number of nitrogens with zero attached hydrogens (tertiary/aromatic N) is 1. The van der Waals surface area contributed by atoms with Crippen LogP contribution in [0.15, 0.2) is 41.4 Å². The van der Waals surface area contributed by atoms with Gasteiger partial charge < -0.3 is 15.4 Å². The number of hydrogen-bond acceptors (Lipinski definition) is 3. The van der Waals surface area contributed by atoms with E-state index in [0.717, 1.165) is 23.8 Å². The van der Waals surface area contributed by atoms with Crippen molar-refractivity contribution in [2.45, 2.75) is 26.9 Å². The fraction of sp³-hybridized carbons (Fsp3) is 0.353. The van der Waals surface area contributed by atoms with Gasteiger partial charge in [0.15, 0.2) is 5.96 Å². The minimum atomic E-state index is 0. The van der Waals surface area contributed by atoms with Gasteiger partial charge in [-0.25, -0.2) is 0 Å². The highest BCUT2D eigenvalue weighted by atomic mass is 127. The first kappa shape index (κ1) is 19.8. The molecule has 0 saturated heterocycles. The van der Waals surface area contributed by atoms with Crippen LogP contribution in [0.25, 0.3) is 0 Å². The summed E-state index contributed by atoms with van der Waals surface area (Å²) in [7, 11) is 1.78. The van der Waals surface area contributed by atoms with Crippen molar-refractivity contribution in [1.29, 1.82) is 0 Å². The summed E-state index contributed by atoms with van der Waals surface area (Å²) >= 11 is 1.80. The summed E-state index contributed by atoms with van der Waals surface area (Å²) in [6.07, 6.45) is 0. The van der Waals surface area contributed by atoms with Gasteiger partial charge >= 0.3 is 0 Å². The molecule has 6 heteroatoms. The topological polar surface area (TPSA) is 45.6 Å². The number of guanidine groups is 1. The molecule has 2 N–H and O–H groups in total. The van der Waals surface area contributed by atoms with Gasteiger partial charge in [0.25, 0.3) is 0 Å². The van der Waals surface area contributed by atoms with Gasteiger partial charge in [0, 0.05) is 28.9 Å². The molecule has 0 bridgehead atoms. The molecule has 4 nitrogen and oxygen atoms in total. The highest BCUT2D eigenvalue weighted by Gasteiger charge is 2.04. The predicted molar refractivity (Wildman–Crippen MR) is 109 cm³/mol. The van der Waals surface area contributed by atoms with Crippen LogP contribution in [0.5, 0.6) is 5.75 Å². The van der Waals surface area contributed by atoms with Crippen molar-refractivity contribution in [3.63, 3.8) is 0 Å². The van der Waals surface area contributed by atoms with E-state index in [9.17, 15) is 0 Å². The van der Waals surface area contributed by atoms with Gasteiger partial charge in [-0.1, -0.05) is 18.2 Å². The van der Waals surface area contributed by atoms with Crippen molar-refractivity contribution >= 4 is 41.3 Å². The van der Waals surface area contributed by atoms with E-state index in [1.807, 2.05) is 25.1 Å². The number of para-hydroxylation sites is 1. The lowest BCUT2D eigenvalue weighted by Crippen LogP contribution is -2.36. The van der Waals surface area contributed by atoms with E-state index in [2.05, 4.69) is 40.7 Å². The Morgan fingerprint density at radius 1 is 1.13 bits per heavy atom. The lowest BCUT2D eigenvalue weighted by atomic mass is 10.2. The van der Waals surface area contributed by atoms with Crippen LogP contribution in [-0.2, 0) is 13.1 Å². The maximum Gasteiger partial charge on any atom is 0.191 e. The fourth-order valence-electron chi connectivity index (χ4n) is 2.10. The van der Waals surface area contributed by atoms with Crippen LogP contribution >= 0.6 is 35.3 Å². The maximum absolute atomic E-state index is 5.64.